The molecule has 6 nitrogen and oxygen atoms in total. The van der Waals surface area contributed by atoms with Crippen LogP contribution < -0.4 is 14.8 Å². The lowest BCUT2D eigenvalue weighted by atomic mass is 10.2. The molecule has 0 unspecified atom stereocenters. The number of hydrogen-bond donors (Lipinski definition) is 1. The molecule has 0 atom stereocenters. The van der Waals surface area contributed by atoms with E-state index in [1.165, 1.54) is 11.3 Å². The van der Waals surface area contributed by atoms with Crippen LogP contribution in [-0.4, -0.2) is 17.5 Å². The van der Waals surface area contributed by atoms with Crippen molar-refractivity contribution in [3.63, 3.8) is 0 Å². The fourth-order valence-electron chi connectivity index (χ4n) is 3.34. The van der Waals surface area contributed by atoms with Crippen molar-refractivity contribution in [2.45, 2.75) is 6.92 Å². The first-order valence-electron chi connectivity index (χ1n) is 10.4. The summed E-state index contributed by atoms with van der Waals surface area (Å²) in [5.41, 5.74) is 1.85. The number of nitrogens with one attached hydrogen (secondary N) is 1. The number of furan rings is 1. The van der Waals surface area contributed by atoms with Gasteiger partial charge in [0.1, 0.15) is 17.2 Å². The zero-order valence-corrected chi connectivity index (χ0v) is 18.6. The van der Waals surface area contributed by atoms with Crippen molar-refractivity contribution >= 4 is 33.3 Å². The van der Waals surface area contributed by atoms with Crippen molar-refractivity contribution < 1.29 is 18.7 Å². The number of aromatic nitrogens is 1. The van der Waals surface area contributed by atoms with Gasteiger partial charge in [-0.2, -0.15) is 0 Å². The summed E-state index contributed by atoms with van der Waals surface area (Å²) in [6.45, 7) is 2.49. The molecule has 1 amide bonds. The Morgan fingerprint density at radius 3 is 2.58 bits per heavy atom. The summed E-state index contributed by atoms with van der Waals surface area (Å²) in [6, 6.07) is 24.1. The first-order chi connectivity index (χ1) is 16.2. The molecule has 7 heteroatoms. The van der Waals surface area contributed by atoms with Gasteiger partial charge in [-0.15, -0.1) is 11.3 Å². The second-order valence-electron chi connectivity index (χ2n) is 7.15. The molecule has 33 heavy (non-hydrogen) atoms. The number of carbonyl (C=O) groups is 1. The number of thiazole rings is 1. The third kappa shape index (κ3) is 4.58. The lowest BCUT2D eigenvalue weighted by Crippen LogP contribution is -2.11. The Kier molecular flexibility index (Phi) is 5.78. The van der Waals surface area contributed by atoms with Crippen LogP contribution in [0.3, 0.4) is 0 Å². The number of fused-ring (bicyclic) bond motifs is 1. The van der Waals surface area contributed by atoms with Crippen molar-refractivity contribution in [1.82, 2.24) is 4.98 Å². The third-order valence-electron chi connectivity index (χ3n) is 4.88. The number of anilines is 1. The highest BCUT2D eigenvalue weighted by Gasteiger charge is 2.15. The molecule has 0 radical (unpaired) electrons. The Balaban J connectivity index is 1.28. The minimum absolute atomic E-state index is 0.245. The Morgan fingerprint density at radius 1 is 1.00 bits per heavy atom. The number of para-hydroxylation sites is 2. The third-order valence-corrected chi connectivity index (χ3v) is 5.64. The van der Waals surface area contributed by atoms with Gasteiger partial charge in [0.05, 0.1) is 6.61 Å². The summed E-state index contributed by atoms with van der Waals surface area (Å²) in [4.78, 5) is 17.2. The van der Waals surface area contributed by atoms with Crippen molar-refractivity contribution in [3.8, 4) is 28.7 Å². The Labute approximate surface area is 194 Å². The van der Waals surface area contributed by atoms with Crippen LogP contribution in [0.4, 0.5) is 5.13 Å². The minimum Gasteiger partial charge on any atom is -0.490 e. The van der Waals surface area contributed by atoms with Gasteiger partial charge in [-0.05, 0) is 55.5 Å². The molecule has 2 heterocycles. The number of hydrogen-bond acceptors (Lipinski definition) is 6. The highest BCUT2D eigenvalue weighted by atomic mass is 32.1. The van der Waals surface area contributed by atoms with E-state index in [1.54, 1.807) is 24.3 Å². The zero-order chi connectivity index (χ0) is 22.6. The van der Waals surface area contributed by atoms with Gasteiger partial charge >= 0.3 is 0 Å². The van der Waals surface area contributed by atoms with Crippen LogP contribution in [0, 0.1) is 0 Å². The molecule has 0 bridgehead atoms. The Hall–Kier alpha value is -4.10. The molecule has 0 spiro atoms. The topological polar surface area (TPSA) is 73.6 Å². The number of nitrogens with zero attached hydrogens (tertiary/aromatic N) is 1. The maximum absolute atomic E-state index is 12.7. The van der Waals surface area contributed by atoms with E-state index in [4.69, 9.17) is 13.9 Å². The van der Waals surface area contributed by atoms with E-state index in [1.807, 2.05) is 66.9 Å². The predicted octanol–water partition coefficient (Wildman–Crippen LogP) is 7.00. The maximum atomic E-state index is 12.7. The van der Waals surface area contributed by atoms with E-state index in [2.05, 4.69) is 10.3 Å². The highest BCUT2D eigenvalue weighted by Crippen LogP contribution is 2.34. The van der Waals surface area contributed by atoms with Crippen LogP contribution >= 0.6 is 11.3 Å². The van der Waals surface area contributed by atoms with Crippen LogP contribution in [0.15, 0.2) is 88.7 Å². The minimum atomic E-state index is -0.245. The molecule has 0 saturated heterocycles. The van der Waals surface area contributed by atoms with E-state index in [0.29, 0.717) is 45.8 Å². The number of benzene rings is 3. The predicted molar refractivity (Wildman–Crippen MR) is 129 cm³/mol. The first kappa shape index (κ1) is 20.8. The van der Waals surface area contributed by atoms with Gasteiger partial charge in [-0.1, -0.05) is 30.3 Å². The van der Waals surface area contributed by atoms with Gasteiger partial charge in [-0.25, -0.2) is 4.98 Å². The monoisotopic (exact) mass is 456 g/mol. The molecule has 0 aliphatic heterocycles. The van der Waals surface area contributed by atoms with Crippen LogP contribution in [-0.2, 0) is 0 Å². The quantitative estimate of drug-likeness (QED) is 0.285. The van der Waals surface area contributed by atoms with Gasteiger partial charge in [0.15, 0.2) is 22.2 Å². The molecule has 0 aliphatic carbocycles. The standard InChI is InChI=1S/C26H20N2O4S/c1-2-30-22-10-6-7-18-15-23(32-24(18)22)21-16-33-26(27-21)28-25(29)17-11-13-20(14-12-17)31-19-8-4-3-5-9-19/h3-16H,2H2,1H3,(H,27,28,29). The molecule has 0 saturated carbocycles. The smallest absolute Gasteiger partial charge is 0.257 e. The van der Waals surface area contributed by atoms with Crippen molar-refractivity contribution in [3.05, 3.63) is 89.8 Å². The summed E-state index contributed by atoms with van der Waals surface area (Å²) in [6.07, 6.45) is 0. The summed E-state index contributed by atoms with van der Waals surface area (Å²) >= 11 is 1.34. The number of ether oxygens (including phenoxy) is 2. The lowest BCUT2D eigenvalue weighted by Gasteiger charge is -2.06. The SMILES string of the molecule is CCOc1cccc2cc(-c3csc(NC(=O)c4ccc(Oc5ccccc5)cc4)n3)oc12. The van der Waals surface area contributed by atoms with E-state index in [9.17, 15) is 4.79 Å². The Bertz CT molecular complexity index is 1390. The summed E-state index contributed by atoms with van der Waals surface area (Å²) in [5, 5.41) is 6.12. The number of amides is 1. The molecule has 164 valence electrons. The summed E-state index contributed by atoms with van der Waals surface area (Å²) < 4.78 is 17.4. The molecule has 2 aromatic heterocycles. The van der Waals surface area contributed by atoms with Gasteiger partial charge in [0, 0.05) is 16.3 Å². The average Bonchev–Trinajstić information content (AvgIpc) is 3.48. The van der Waals surface area contributed by atoms with Crippen molar-refractivity contribution in [2.75, 3.05) is 11.9 Å². The van der Waals surface area contributed by atoms with Gasteiger partial charge < -0.3 is 13.9 Å². The molecule has 1 N–H and O–H groups in total. The van der Waals surface area contributed by atoms with Crippen LogP contribution in [0.2, 0.25) is 0 Å². The van der Waals surface area contributed by atoms with E-state index in [-0.39, 0.29) is 5.91 Å². The summed E-state index contributed by atoms with van der Waals surface area (Å²) in [5.74, 6) is 2.47. The van der Waals surface area contributed by atoms with Crippen LogP contribution in [0.5, 0.6) is 17.2 Å². The maximum Gasteiger partial charge on any atom is 0.257 e. The van der Waals surface area contributed by atoms with E-state index < -0.39 is 0 Å². The fraction of sp³-hybridized carbons (Fsp3) is 0.0769. The molecular weight excluding hydrogens is 436 g/mol. The lowest BCUT2D eigenvalue weighted by molar-refractivity contribution is 0.102. The second kappa shape index (κ2) is 9.18. The molecule has 3 aromatic carbocycles. The zero-order valence-electron chi connectivity index (χ0n) is 17.8. The van der Waals surface area contributed by atoms with Gasteiger partial charge in [-0.3, -0.25) is 10.1 Å². The van der Waals surface area contributed by atoms with Gasteiger partial charge in [0.25, 0.3) is 5.91 Å². The number of carbonyl (C=O) groups excluding carboxylic acids is 1. The molecule has 0 fully saturated rings. The number of rotatable bonds is 7. The normalized spacial score (nSPS) is 10.8. The van der Waals surface area contributed by atoms with Crippen molar-refractivity contribution in [2.24, 2.45) is 0 Å². The van der Waals surface area contributed by atoms with E-state index >= 15 is 0 Å². The van der Waals surface area contributed by atoms with Crippen molar-refractivity contribution in [1.29, 1.82) is 0 Å². The molecule has 5 rings (SSSR count). The molecular formula is C26H20N2O4S. The second-order valence-corrected chi connectivity index (χ2v) is 8.01. The molecule has 5 aromatic rings. The Morgan fingerprint density at radius 2 is 1.79 bits per heavy atom. The van der Waals surface area contributed by atoms with Gasteiger partial charge in [0.2, 0.25) is 0 Å². The highest BCUT2D eigenvalue weighted by molar-refractivity contribution is 7.14. The largest absolute Gasteiger partial charge is 0.490 e. The summed E-state index contributed by atoms with van der Waals surface area (Å²) in [7, 11) is 0. The average molecular weight is 457 g/mol. The van der Waals surface area contributed by atoms with Crippen LogP contribution in [0.25, 0.3) is 22.4 Å². The fourth-order valence-corrected chi connectivity index (χ4v) is 4.04. The van der Waals surface area contributed by atoms with Crippen LogP contribution in [0.1, 0.15) is 17.3 Å². The molecule has 0 aliphatic rings. The van der Waals surface area contributed by atoms with E-state index in [0.717, 1.165) is 11.1 Å². The first-order valence-corrected chi connectivity index (χ1v) is 11.3.